The van der Waals surface area contributed by atoms with Gasteiger partial charge in [-0.25, -0.2) is 4.98 Å². The number of benzene rings is 4. The number of fused-ring (bicyclic) bond motifs is 6. The highest BCUT2D eigenvalue weighted by molar-refractivity contribution is 6.09. The molecule has 0 amide bonds. The molecule has 2 aliphatic rings. The highest BCUT2D eigenvalue weighted by Crippen LogP contribution is 2.53. The van der Waals surface area contributed by atoms with E-state index in [9.17, 15) is 60.6 Å². The van der Waals surface area contributed by atoms with Crippen LogP contribution in [0.1, 0.15) is 44.8 Å². The Morgan fingerprint density at radius 2 is 0.818 bits per heavy atom. The number of halogens is 9. The van der Waals surface area contributed by atoms with Crippen LogP contribution in [0.15, 0.2) is 90.0 Å². The van der Waals surface area contributed by atoms with Crippen LogP contribution in [0.2, 0.25) is 0 Å². The van der Waals surface area contributed by atoms with Gasteiger partial charge in [-0.2, -0.15) is 60.6 Å². The van der Waals surface area contributed by atoms with E-state index in [1.54, 1.807) is 36.4 Å². The lowest BCUT2D eigenvalue weighted by Gasteiger charge is -2.15. The zero-order valence-corrected chi connectivity index (χ0v) is 27.6. The Bertz CT molecular complexity index is 2710. The van der Waals surface area contributed by atoms with Gasteiger partial charge in [-0.1, -0.05) is 30.3 Å². The van der Waals surface area contributed by atoms with Crippen molar-refractivity contribution in [2.45, 2.75) is 25.5 Å². The van der Waals surface area contributed by atoms with Crippen LogP contribution in [-0.2, 0) is 18.5 Å². The van der Waals surface area contributed by atoms with Crippen molar-refractivity contribution in [2.24, 2.45) is 0 Å². The summed E-state index contributed by atoms with van der Waals surface area (Å²) in [7, 11) is 0. The molecule has 14 heteroatoms. The summed E-state index contributed by atoms with van der Waals surface area (Å²) in [6.45, 7) is 1.50. The molecule has 2 aliphatic carbocycles. The molecule has 0 fully saturated rings. The quantitative estimate of drug-likeness (QED) is 0.129. The molecule has 0 aliphatic heterocycles. The largest absolute Gasteiger partial charge is 0.416 e. The third kappa shape index (κ3) is 6.04. The Kier molecular flexibility index (Phi) is 8.21. The maximum Gasteiger partial charge on any atom is 0.416 e. The molecule has 0 saturated heterocycles. The van der Waals surface area contributed by atoms with Gasteiger partial charge in [0, 0.05) is 22.3 Å². The third-order valence-corrected chi connectivity index (χ3v) is 9.26. The normalized spacial score (nSPS) is 12.8. The van der Waals surface area contributed by atoms with Crippen LogP contribution in [-0.4, -0.2) is 4.98 Å². The number of aryl methyl sites for hydroxylation is 1. The molecule has 7 rings (SSSR count). The van der Waals surface area contributed by atoms with Gasteiger partial charge in [-0.3, -0.25) is 0 Å². The number of allylic oxidation sites excluding steroid dienone is 2. The minimum absolute atomic E-state index is 0.00371. The van der Waals surface area contributed by atoms with Crippen molar-refractivity contribution in [3.63, 3.8) is 0 Å². The molecule has 4 aromatic carbocycles. The van der Waals surface area contributed by atoms with E-state index in [-0.39, 0.29) is 45.3 Å². The van der Waals surface area contributed by atoms with Crippen molar-refractivity contribution in [1.82, 2.24) is 4.98 Å². The Labute approximate surface area is 305 Å². The lowest BCUT2D eigenvalue weighted by molar-refractivity contribution is -0.143. The molecule has 268 valence electrons. The monoisotopic (exact) mass is 749 g/mol. The average molecular weight is 750 g/mol. The fourth-order valence-electron chi connectivity index (χ4n) is 6.91. The first-order chi connectivity index (χ1) is 25.9. The number of nitriles is 4. The van der Waals surface area contributed by atoms with Gasteiger partial charge in [-0.05, 0) is 106 Å². The van der Waals surface area contributed by atoms with Gasteiger partial charge in [0.25, 0.3) is 0 Å². The molecule has 0 spiro atoms. The standard InChI is InChI=1S/C41H16F9N5/c1-19-6-22(8-26(7-19)39(42,43)44)20-2-4-29-31(11-20)35(24(15-51)16-52)37-33(29)14-34-30-5-3-21(12-32(30)36(38(34)55-37)25(17-53)18-54)23-9-27(40(45,46)47)13-28(10-23)41(48,49)50/h2-14H,1H3. The molecular formula is C41H16F9N5. The number of hydrogen-bond acceptors (Lipinski definition) is 5. The first kappa shape index (κ1) is 36.2. The van der Waals surface area contributed by atoms with Crippen LogP contribution in [0, 0.1) is 52.2 Å². The van der Waals surface area contributed by atoms with E-state index in [0.717, 1.165) is 12.1 Å². The van der Waals surface area contributed by atoms with Crippen molar-refractivity contribution < 1.29 is 39.5 Å². The third-order valence-electron chi connectivity index (χ3n) is 9.26. The number of aromatic nitrogens is 1. The molecular weight excluding hydrogens is 733 g/mol. The summed E-state index contributed by atoms with van der Waals surface area (Å²) in [5.41, 5.74) is -2.64. The number of rotatable bonds is 2. The summed E-state index contributed by atoms with van der Waals surface area (Å²) in [4.78, 5) is 4.75. The Hall–Kier alpha value is -7.16. The van der Waals surface area contributed by atoms with Crippen molar-refractivity contribution in [1.29, 1.82) is 21.0 Å². The molecule has 0 radical (unpaired) electrons. The minimum atomic E-state index is -5.12. The average Bonchev–Trinajstić information content (AvgIpc) is 3.61. The van der Waals surface area contributed by atoms with Crippen LogP contribution in [0.5, 0.6) is 0 Å². The predicted molar refractivity (Wildman–Crippen MR) is 180 cm³/mol. The Morgan fingerprint density at radius 1 is 0.436 bits per heavy atom. The van der Waals surface area contributed by atoms with Gasteiger partial charge >= 0.3 is 18.5 Å². The summed E-state index contributed by atoms with van der Waals surface area (Å²) in [6, 6.07) is 22.0. The van der Waals surface area contributed by atoms with Gasteiger partial charge in [-0.15, -0.1) is 0 Å². The maximum absolute atomic E-state index is 13.7. The fourth-order valence-corrected chi connectivity index (χ4v) is 6.91. The fraction of sp³-hybridized carbons (Fsp3) is 0.0976. The van der Waals surface area contributed by atoms with Crippen LogP contribution >= 0.6 is 0 Å². The number of alkyl halides is 9. The Balaban J connectivity index is 1.46. The van der Waals surface area contributed by atoms with E-state index in [2.05, 4.69) is 0 Å². The summed E-state index contributed by atoms with van der Waals surface area (Å²) in [6.07, 6.45) is -14.9. The zero-order chi connectivity index (χ0) is 39.8. The molecule has 5 nitrogen and oxygen atoms in total. The smallest absolute Gasteiger partial charge is 0.246 e. The maximum atomic E-state index is 13.7. The highest BCUT2D eigenvalue weighted by atomic mass is 19.4. The molecule has 0 atom stereocenters. The van der Waals surface area contributed by atoms with Crippen molar-refractivity contribution in [3.05, 3.63) is 135 Å². The first-order valence-corrected chi connectivity index (χ1v) is 15.8. The zero-order valence-electron chi connectivity index (χ0n) is 27.6. The topological polar surface area (TPSA) is 108 Å². The van der Waals surface area contributed by atoms with Gasteiger partial charge in [0.15, 0.2) is 0 Å². The van der Waals surface area contributed by atoms with E-state index in [1.807, 2.05) is 12.1 Å². The van der Waals surface area contributed by atoms with Crippen molar-refractivity contribution in [2.75, 3.05) is 0 Å². The van der Waals surface area contributed by atoms with Crippen LogP contribution in [0.25, 0.3) is 55.7 Å². The van der Waals surface area contributed by atoms with E-state index >= 15 is 0 Å². The number of hydrogen-bond donors (Lipinski definition) is 0. The lowest BCUT2D eigenvalue weighted by Crippen LogP contribution is -2.11. The molecule has 5 aromatic rings. The molecule has 0 N–H and O–H groups in total. The number of nitrogens with zero attached hydrogens (tertiary/aromatic N) is 5. The molecule has 0 saturated carbocycles. The van der Waals surface area contributed by atoms with Gasteiger partial charge < -0.3 is 0 Å². The van der Waals surface area contributed by atoms with E-state index in [4.69, 9.17) is 4.98 Å². The second kappa shape index (κ2) is 12.5. The second-order valence-corrected chi connectivity index (χ2v) is 12.6. The molecule has 1 heterocycles. The Morgan fingerprint density at radius 3 is 1.20 bits per heavy atom. The number of pyridine rings is 1. The second-order valence-electron chi connectivity index (χ2n) is 12.6. The lowest BCUT2D eigenvalue weighted by atomic mass is 9.93. The molecule has 0 bridgehead atoms. The van der Waals surface area contributed by atoms with Crippen LogP contribution in [0.3, 0.4) is 0 Å². The van der Waals surface area contributed by atoms with Crippen LogP contribution < -0.4 is 0 Å². The summed E-state index contributed by atoms with van der Waals surface area (Å²) in [5, 5.41) is 40.0. The minimum Gasteiger partial charge on any atom is -0.246 e. The SMILES string of the molecule is Cc1cc(-c2ccc3c(c2)C(=C(C#N)C#N)c2nc4c(cc2-3)-c2ccc(-c3cc(C(F)(F)F)cc(C(F)(F)F)c3)cc2C4=C(C#N)C#N)cc(C(F)(F)F)c1. The van der Waals surface area contributed by atoms with E-state index in [0.29, 0.717) is 51.1 Å². The summed E-state index contributed by atoms with van der Waals surface area (Å²) < 4.78 is 123. The van der Waals surface area contributed by atoms with E-state index < -0.39 is 51.9 Å². The van der Waals surface area contributed by atoms with E-state index in [1.165, 1.54) is 31.2 Å². The summed E-state index contributed by atoms with van der Waals surface area (Å²) >= 11 is 0. The highest BCUT2D eigenvalue weighted by Gasteiger charge is 2.39. The summed E-state index contributed by atoms with van der Waals surface area (Å²) in [5.74, 6) is 0. The predicted octanol–water partition coefficient (Wildman–Crippen LogP) is 11.4. The molecule has 55 heavy (non-hydrogen) atoms. The van der Waals surface area contributed by atoms with Gasteiger partial charge in [0.1, 0.15) is 35.4 Å². The molecule has 0 unspecified atom stereocenters. The first-order valence-electron chi connectivity index (χ1n) is 15.8. The van der Waals surface area contributed by atoms with Crippen LogP contribution in [0.4, 0.5) is 39.5 Å². The van der Waals surface area contributed by atoms with Crippen molar-refractivity contribution >= 4 is 11.1 Å². The van der Waals surface area contributed by atoms with Gasteiger partial charge in [0.05, 0.1) is 28.1 Å². The molecule has 1 aromatic heterocycles. The van der Waals surface area contributed by atoms with Gasteiger partial charge in [0.2, 0.25) is 0 Å². The van der Waals surface area contributed by atoms with Crippen molar-refractivity contribution in [3.8, 4) is 68.8 Å².